The predicted molar refractivity (Wildman–Crippen MR) is 48.9 cm³/mol. The normalized spacial score (nSPS) is 17.6. The van der Waals surface area contributed by atoms with Crippen LogP contribution in [-0.2, 0) is 16.4 Å². The van der Waals surface area contributed by atoms with Crippen molar-refractivity contribution in [2.24, 2.45) is 0 Å². The Bertz CT molecular complexity index is 404. The van der Waals surface area contributed by atoms with Crippen molar-refractivity contribution in [2.75, 3.05) is 0 Å². The van der Waals surface area contributed by atoms with Crippen molar-refractivity contribution in [2.45, 2.75) is 31.4 Å². The smallest absolute Gasteiger partial charge is 0.204 e. The summed E-state index contributed by atoms with van der Waals surface area (Å²) < 4.78 is 24.4. The second-order valence-electron chi connectivity index (χ2n) is 3.32. The van der Waals surface area contributed by atoms with Crippen molar-refractivity contribution in [3.63, 3.8) is 0 Å². The third-order valence-corrected chi connectivity index (χ3v) is 4.26. The Morgan fingerprint density at radius 3 is 2.77 bits per heavy atom. The van der Waals surface area contributed by atoms with Gasteiger partial charge in [-0.2, -0.15) is 9.19 Å². The van der Waals surface area contributed by atoms with Crippen LogP contribution in [0.25, 0.3) is 0 Å². The van der Waals surface area contributed by atoms with Gasteiger partial charge in [0.05, 0.1) is 11.4 Å². The third-order valence-electron chi connectivity index (χ3n) is 2.23. The first-order valence-corrected chi connectivity index (χ1v) is 5.93. The summed E-state index contributed by atoms with van der Waals surface area (Å²) in [7, 11) is -3.15. The molecule has 1 aliphatic rings. The van der Waals surface area contributed by atoms with E-state index in [-0.39, 0.29) is 5.25 Å². The summed E-state index contributed by atoms with van der Waals surface area (Å²) in [6.07, 6.45) is 5.60. The molecule has 0 atom stereocenters. The molecular formula is C8H12N2O2S. The molecular weight excluding hydrogens is 188 g/mol. The fourth-order valence-corrected chi connectivity index (χ4v) is 2.68. The van der Waals surface area contributed by atoms with E-state index in [2.05, 4.69) is 5.10 Å². The number of aromatic nitrogens is 2. The highest BCUT2D eigenvalue weighted by Crippen LogP contribution is 2.29. The zero-order valence-electron chi connectivity index (χ0n) is 7.47. The van der Waals surface area contributed by atoms with Crippen LogP contribution in [0.1, 0.15) is 25.3 Å². The van der Waals surface area contributed by atoms with Crippen molar-refractivity contribution in [3.05, 3.63) is 18.0 Å². The Morgan fingerprint density at radius 1 is 1.62 bits per heavy atom. The molecule has 1 aromatic heterocycles. The fourth-order valence-electron chi connectivity index (χ4n) is 1.18. The number of rotatable bonds is 3. The van der Waals surface area contributed by atoms with Crippen LogP contribution >= 0.6 is 0 Å². The maximum atomic E-state index is 11.6. The Hall–Kier alpha value is -0.840. The predicted octanol–water partition coefficient (Wildman–Crippen LogP) is 0.786. The van der Waals surface area contributed by atoms with Crippen molar-refractivity contribution in [3.8, 4) is 0 Å². The molecule has 0 saturated heterocycles. The summed E-state index contributed by atoms with van der Waals surface area (Å²) in [5.41, 5.74) is 0.962. The Balaban J connectivity index is 2.34. The van der Waals surface area contributed by atoms with Crippen LogP contribution < -0.4 is 0 Å². The molecule has 0 unspecified atom stereocenters. The van der Waals surface area contributed by atoms with E-state index in [0.29, 0.717) is 0 Å². The maximum absolute atomic E-state index is 11.6. The van der Waals surface area contributed by atoms with Gasteiger partial charge in [0.2, 0.25) is 0 Å². The average Bonchev–Trinajstić information content (AvgIpc) is 2.84. The molecule has 2 rings (SSSR count). The van der Waals surface area contributed by atoms with Gasteiger partial charge in [0.25, 0.3) is 10.0 Å². The van der Waals surface area contributed by atoms with Crippen LogP contribution in [-0.4, -0.2) is 22.9 Å². The molecule has 1 aliphatic carbocycles. The highest BCUT2D eigenvalue weighted by atomic mass is 32.2. The standard InChI is InChI=1S/C8H12N2O2S/c1-2-7-5-9-10(6-7)13(11,12)8-3-4-8/h5-6,8H,2-4H2,1H3. The van der Waals surface area contributed by atoms with Crippen LogP contribution in [0.4, 0.5) is 0 Å². The van der Waals surface area contributed by atoms with Gasteiger partial charge in [0.1, 0.15) is 0 Å². The van der Waals surface area contributed by atoms with E-state index < -0.39 is 10.0 Å². The molecule has 1 aromatic rings. The third kappa shape index (κ3) is 1.48. The largest absolute Gasteiger partial charge is 0.256 e. The minimum Gasteiger partial charge on any atom is -0.204 e. The van der Waals surface area contributed by atoms with Gasteiger partial charge >= 0.3 is 0 Å². The lowest BCUT2D eigenvalue weighted by Gasteiger charge is -1.99. The summed E-state index contributed by atoms with van der Waals surface area (Å²) in [6.45, 7) is 1.98. The van der Waals surface area contributed by atoms with Crippen LogP contribution in [0.2, 0.25) is 0 Å². The quantitative estimate of drug-likeness (QED) is 0.724. The molecule has 0 spiro atoms. The zero-order chi connectivity index (χ0) is 9.47. The number of nitrogens with zero attached hydrogens (tertiary/aromatic N) is 2. The molecule has 5 heteroatoms. The summed E-state index contributed by atoms with van der Waals surface area (Å²) >= 11 is 0. The van der Waals surface area contributed by atoms with Crippen molar-refractivity contribution < 1.29 is 8.42 Å². The minimum atomic E-state index is -3.15. The van der Waals surface area contributed by atoms with Gasteiger partial charge in [-0.05, 0) is 24.8 Å². The lowest BCUT2D eigenvalue weighted by atomic mass is 10.3. The van der Waals surface area contributed by atoms with E-state index >= 15 is 0 Å². The van der Waals surface area contributed by atoms with Crippen molar-refractivity contribution in [1.82, 2.24) is 9.19 Å². The van der Waals surface area contributed by atoms with Crippen LogP contribution in [0.15, 0.2) is 12.4 Å². The summed E-state index contributed by atoms with van der Waals surface area (Å²) in [4.78, 5) is 0. The van der Waals surface area contributed by atoms with Gasteiger partial charge in [0, 0.05) is 6.20 Å². The Morgan fingerprint density at radius 2 is 2.31 bits per heavy atom. The van der Waals surface area contributed by atoms with Gasteiger partial charge < -0.3 is 0 Å². The van der Waals surface area contributed by atoms with Crippen LogP contribution in [0, 0.1) is 0 Å². The van der Waals surface area contributed by atoms with E-state index in [1.807, 2.05) is 6.92 Å². The first-order chi connectivity index (χ1) is 6.14. The Labute approximate surface area is 77.6 Å². The molecule has 13 heavy (non-hydrogen) atoms. The van der Waals surface area contributed by atoms with Gasteiger partial charge in [-0.1, -0.05) is 6.92 Å². The van der Waals surface area contributed by atoms with E-state index in [1.54, 1.807) is 12.4 Å². The van der Waals surface area contributed by atoms with Gasteiger partial charge in [0.15, 0.2) is 0 Å². The van der Waals surface area contributed by atoms with Gasteiger partial charge in [-0.15, -0.1) is 0 Å². The number of aryl methyl sites for hydroxylation is 1. The maximum Gasteiger partial charge on any atom is 0.256 e. The number of hydrogen-bond donors (Lipinski definition) is 0. The van der Waals surface area contributed by atoms with E-state index in [0.717, 1.165) is 28.9 Å². The molecule has 72 valence electrons. The molecule has 0 N–H and O–H groups in total. The summed E-state index contributed by atoms with van der Waals surface area (Å²) in [5, 5.41) is 3.67. The molecule has 0 aliphatic heterocycles. The Kier molecular flexibility index (Phi) is 1.91. The molecule has 0 amide bonds. The second kappa shape index (κ2) is 2.83. The zero-order valence-corrected chi connectivity index (χ0v) is 8.29. The molecule has 1 heterocycles. The van der Waals surface area contributed by atoms with Gasteiger partial charge in [-0.25, -0.2) is 8.42 Å². The summed E-state index contributed by atoms with van der Waals surface area (Å²) in [5.74, 6) is 0. The molecule has 0 bridgehead atoms. The molecule has 1 saturated carbocycles. The topological polar surface area (TPSA) is 52.0 Å². The first kappa shape index (κ1) is 8.74. The van der Waals surface area contributed by atoms with E-state index in [4.69, 9.17) is 0 Å². The summed E-state index contributed by atoms with van der Waals surface area (Å²) in [6, 6.07) is 0. The SMILES string of the molecule is CCc1cnn(S(=O)(=O)C2CC2)c1. The average molecular weight is 200 g/mol. The monoisotopic (exact) mass is 200 g/mol. The van der Waals surface area contributed by atoms with Crippen molar-refractivity contribution >= 4 is 10.0 Å². The highest BCUT2D eigenvalue weighted by Gasteiger charge is 2.37. The lowest BCUT2D eigenvalue weighted by molar-refractivity contribution is 0.578. The van der Waals surface area contributed by atoms with Gasteiger partial charge in [-0.3, -0.25) is 0 Å². The molecule has 1 fully saturated rings. The second-order valence-corrected chi connectivity index (χ2v) is 5.39. The molecule has 4 nitrogen and oxygen atoms in total. The highest BCUT2D eigenvalue weighted by molar-refractivity contribution is 7.90. The van der Waals surface area contributed by atoms with E-state index in [9.17, 15) is 8.42 Å². The number of hydrogen-bond acceptors (Lipinski definition) is 3. The van der Waals surface area contributed by atoms with Crippen LogP contribution in [0.3, 0.4) is 0 Å². The molecule has 0 aromatic carbocycles. The van der Waals surface area contributed by atoms with E-state index in [1.165, 1.54) is 0 Å². The molecule has 0 radical (unpaired) electrons. The van der Waals surface area contributed by atoms with Crippen molar-refractivity contribution in [1.29, 1.82) is 0 Å². The fraction of sp³-hybridized carbons (Fsp3) is 0.625. The van der Waals surface area contributed by atoms with Crippen LogP contribution in [0.5, 0.6) is 0 Å². The first-order valence-electron chi connectivity index (χ1n) is 4.42. The lowest BCUT2D eigenvalue weighted by Crippen LogP contribution is -2.17. The minimum absolute atomic E-state index is 0.183.